The fourth-order valence-electron chi connectivity index (χ4n) is 2.72. The fourth-order valence-corrected chi connectivity index (χ4v) is 2.72. The molecule has 0 saturated carbocycles. The van der Waals surface area contributed by atoms with Crippen LogP contribution in [0.2, 0.25) is 0 Å². The molecule has 0 unspecified atom stereocenters. The third-order valence-electron chi connectivity index (χ3n) is 3.83. The number of benzene rings is 2. The molecule has 1 aromatic heterocycles. The SMILES string of the molecule is COc1ccc(-c2nn(C(C)C)c3c(F)cccc23)c(OC)c1. The van der Waals surface area contributed by atoms with E-state index in [0.29, 0.717) is 22.7 Å². The molecule has 3 aromatic rings. The van der Waals surface area contributed by atoms with Gasteiger partial charge in [-0.25, -0.2) is 4.39 Å². The van der Waals surface area contributed by atoms with Crippen LogP contribution < -0.4 is 9.47 Å². The van der Waals surface area contributed by atoms with Crippen molar-refractivity contribution in [2.45, 2.75) is 19.9 Å². The Balaban J connectivity index is 2.31. The molecule has 5 heteroatoms. The van der Waals surface area contributed by atoms with Crippen LogP contribution in [-0.4, -0.2) is 24.0 Å². The lowest BCUT2D eigenvalue weighted by atomic mass is 10.1. The Labute approximate surface area is 134 Å². The van der Waals surface area contributed by atoms with E-state index in [1.54, 1.807) is 31.0 Å². The summed E-state index contributed by atoms with van der Waals surface area (Å²) < 4.78 is 26.7. The van der Waals surface area contributed by atoms with E-state index < -0.39 is 0 Å². The maximum absolute atomic E-state index is 14.3. The van der Waals surface area contributed by atoms with E-state index >= 15 is 0 Å². The quantitative estimate of drug-likeness (QED) is 0.714. The smallest absolute Gasteiger partial charge is 0.149 e. The molecule has 23 heavy (non-hydrogen) atoms. The Hall–Kier alpha value is -2.56. The summed E-state index contributed by atoms with van der Waals surface area (Å²) in [7, 11) is 3.20. The number of para-hydroxylation sites is 1. The Morgan fingerprint density at radius 3 is 2.52 bits per heavy atom. The second kappa shape index (κ2) is 5.91. The highest BCUT2D eigenvalue weighted by molar-refractivity contribution is 5.95. The highest BCUT2D eigenvalue weighted by atomic mass is 19.1. The van der Waals surface area contributed by atoms with Crippen LogP contribution in [-0.2, 0) is 0 Å². The minimum atomic E-state index is -0.276. The molecule has 0 aliphatic heterocycles. The van der Waals surface area contributed by atoms with Crippen molar-refractivity contribution in [3.05, 3.63) is 42.2 Å². The van der Waals surface area contributed by atoms with Crippen LogP contribution in [0.3, 0.4) is 0 Å². The molecule has 0 aliphatic carbocycles. The molecule has 0 N–H and O–H groups in total. The van der Waals surface area contributed by atoms with Crippen molar-refractivity contribution in [1.29, 1.82) is 0 Å². The molecule has 1 heterocycles. The van der Waals surface area contributed by atoms with Gasteiger partial charge in [0.1, 0.15) is 28.5 Å². The Bertz CT molecular complexity index is 856. The van der Waals surface area contributed by atoms with E-state index in [0.717, 1.165) is 10.9 Å². The summed E-state index contributed by atoms with van der Waals surface area (Å²) in [5.74, 6) is 1.07. The Kier molecular flexibility index (Phi) is 3.94. The first-order valence-corrected chi connectivity index (χ1v) is 7.46. The lowest BCUT2D eigenvalue weighted by molar-refractivity contribution is 0.395. The third-order valence-corrected chi connectivity index (χ3v) is 3.83. The molecule has 0 amide bonds. The van der Waals surface area contributed by atoms with Crippen LogP contribution in [0.25, 0.3) is 22.2 Å². The summed E-state index contributed by atoms with van der Waals surface area (Å²) in [6.45, 7) is 3.96. The van der Waals surface area contributed by atoms with E-state index in [1.807, 2.05) is 32.0 Å². The average molecular weight is 314 g/mol. The maximum Gasteiger partial charge on any atom is 0.149 e. The molecule has 0 bridgehead atoms. The lowest BCUT2D eigenvalue weighted by Crippen LogP contribution is -2.03. The zero-order valence-electron chi connectivity index (χ0n) is 13.6. The van der Waals surface area contributed by atoms with Gasteiger partial charge in [0.05, 0.1) is 14.2 Å². The molecule has 0 radical (unpaired) electrons. The third kappa shape index (κ3) is 2.52. The van der Waals surface area contributed by atoms with Crippen molar-refractivity contribution in [2.75, 3.05) is 14.2 Å². The first kappa shape index (κ1) is 15.3. The summed E-state index contributed by atoms with van der Waals surface area (Å²) >= 11 is 0. The predicted octanol–water partition coefficient (Wildman–Crippen LogP) is 4.44. The number of methoxy groups -OCH3 is 2. The summed E-state index contributed by atoms with van der Waals surface area (Å²) in [6, 6.07) is 10.6. The fraction of sp³-hybridized carbons (Fsp3) is 0.278. The minimum Gasteiger partial charge on any atom is -0.497 e. The van der Waals surface area contributed by atoms with Crippen molar-refractivity contribution < 1.29 is 13.9 Å². The topological polar surface area (TPSA) is 36.3 Å². The van der Waals surface area contributed by atoms with Gasteiger partial charge >= 0.3 is 0 Å². The van der Waals surface area contributed by atoms with E-state index in [1.165, 1.54) is 6.07 Å². The van der Waals surface area contributed by atoms with Crippen molar-refractivity contribution in [3.8, 4) is 22.8 Å². The van der Waals surface area contributed by atoms with Crippen molar-refractivity contribution >= 4 is 10.9 Å². The molecule has 0 fully saturated rings. The van der Waals surface area contributed by atoms with Crippen LogP contribution in [0.15, 0.2) is 36.4 Å². The number of rotatable bonds is 4. The number of nitrogens with zero attached hydrogens (tertiary/aromatic N) is 2. The van der Waals surface area contributed by atoms with Gasteiger partial charge in [-0.05, 0) is 32.0 Å². The second-order valence-corrected chi connectivity index (χ2v) is 5.59. The number of aromatic nitrogens is 2. The largest absolute Gasteiger partial charge is 0.497 e. The number of fused-ring (bicyclic) bond motifs is 1. The van der Waals surface area contributed by atoms with Crippen molar-refractivity contribution in [2.24, 2.45) is 0 Å². The van der Waals surface area contributed by atoms with Gasteiger partial charge in [0.15, 0.2) is 0 Å². The molecular weight excluding hydrogens is 295 g/mol. The molecular formula is C18H19FN2O2. The summed E-state index contributed by atoms with van der Waals surface area (Å²) in [5.41, 5.74) is 2.02. The molecule has 120 valence electrons. The molecule has 2 aromatic carbocycles. The normalized spacial score (nSPS) is 11.2. The van der Waals surface area contributed by atoms with E-state index in [2.05, 4.69) is 5.10 Å². The van der Waals surface area contributed by atoms with E-state index in [-0.39, 0.29) is 11.9 Å². The van der Waals surface area contributed by atoms with Crippen LogP contribution in [0.4, 0.5) is 4.39 Å². The standard InChI is InChI=1S/C18H19FN2O2/c1-11(2)21-18-14(6-5-7-15(18)19)17(20-21)13-9-8-12(22-3)10-16(13)23-4/h5-11H,1-4H3. The van der Waals surface area contributed by atoms with Crippen molar-refractivity contribution in [3.63, 3.8) is 0 Å². The Morgan fingerprint density at radius 1 is 1.09 bits per heavy atom. The number of hydrogen-bond donors (Lipinski definition) is 0. The van der Waals surface area contributed by atoms with E-state index in [4.69, 9.17) is 9.47 Å². The van der Waals surface area contributed by atoms with Gasteiger partial charge in [0, 0.05) is 23.1 Å². The molecule has 0 aliphatic rings. The zero-order chi connectivity index (χ0) is 16.6. The summed E-state index contributed by atoms with van der Waals surface area (Å²) in [4.78, 5) is 0. The predicted molar refractivity (Wildman–Crippen MR) is 88.6 cm³/mol. The second-order valence-electron chi connectivity index (χ2n) is 5.59. The summed E-state index contributed by atoms with van der Waals surface area (Å²) in [5, 5.41) is 5.41. The van der Waals surface area contributed by atoms with E-state index in [9.17, 15) is 4.39 Å². The molecule has 0 saturated heterocycles. The number of halogens is 1. The van der Waals surface area contributed by atoms with Crippen LogP contribution in [0.5, 0.6) is 11.5 Å². The van der Waals surface area contributed by atoms with Gasteiger partial charge in [-0.2, -0.15) is 5.10 Å². The van der Waals surface area contributed by atoms with Gasteiger partial charge in [-0.1, -0.05) is 12.1 Å². The van der Waals surface area contributed by atoms with Crippen LogP contribution in [0.1, 0.15) is 19.9 Å². The molecule has 3 rings (SSSR count). The highest BCUT2D eigenvalue weighted by Gasteiger charge is 2.19. The van der Waals surface area contributed by atoms with Gasteiger partial charge in [0.25, 0.3) is 0 Å². The zero-order valence-corrected chi connectivity index (χ0v) is 13.6. The van der Waals surface area contributed by atoms with Gasteiger partial charge in [-0.3, -0.25) is 4.68 Å². The summed E-state index contributed by atoms with van der Waals surface area (Å²) in [6.07, 6.45) is 0. The first-order valence-electron chi connectivity index (χ1n) is 7.46. The first-order chi connectivity index (χ1) is 11.1. The lowest BCUT2D eigenvalue weighted by Gasteiger charge is -2.09. The van der Waals surface area contributed by atoms with Crippen LogP contribution in [0, 0.1) is 5.82 Å². The van der Waals surface area contributed by atoms with Gasteiger partial charge in [0.2, 0.25) is 0 Å². The maximum atomic E-state index is 14.3. The molecule has 0 atom stereocenters. The van der Waals surface area contributed by atoms with Gasteiger partial charge < -0.3 is 9.47 Å². The van der Waals surface area contributed by atoms with Crippen molar-refractivity contribution in [1.82, 2.24) is 9.78 Å². The number of hydrogen-bond acceptors (Lipinski definition) is 3. The monoisotopic (exact) mass is 314 g/mol. The highest BCUT2D eigenvalue weighted by Crippen LogP contribution is 2.37. The average Bonchev–Trinajstić information content (AvgIpc) is 2.95. The molecule has 0 spiro atoms. The van der Waals surface area contributed by atoms with Crippen LogP contribution >= 0.6 is 0 Å². The number of ether oxygens (including phenoxy) is 2. The Morgan fingerprint density at radius 2 is 1.87 bits per heavy atom. The molecule has 4 nitrogen and oxygen atoms in total. The van der Waals surface area contributed by atoms with Gasteiger partial charge in [-0.15, -0.1) is 0 Å². The minimum absolute atomic E-state index is 0.0485.